The van der Waals surface area contributed by atoms with Gasteiger partial charge in [-0.15, -0.1) is 0 Å². The molecule has 0 unspecified atom stereocenters. The van der Waals surface area contributed by atoms with Crippen LogP contribution >= 0.6 is 0 Å². The molecule has 0 saturated heterocycles. The lowest BCUT2D eigenvalue weighted by Gasteiger charge is -2.28. The van der Waals surface area contributed by atoms with Crippen LogP contribution in [0.4, 0.5) is 0 Å². The highest BCUT2D eigenvalue weighted by molar-refractivity contribution is 6.17. The molecule has 2 aliphatic carbocycles. The Balaban J connectivity index is 2.91. The molecule has 0 aromatic rings. The summed E-state index contributed by atoms with van der Waals surface area (Å²) in [6.07, 6.45) is 0. The number of allylic oxidation sites excluding steroid dienone is 10. The maximum absolute atomic E-state index is 12.9. The minimum absolute atomic E-state index is 0.0873. The maximum atomic E-state index is 12.9. The van der Waals surface area contributed by atoms with E-state index in [1.165, 1.54) is 0 Å². The molecule has 2 rings (SSSR count). The highest BCUT2D eigenvalue weighted by Crippen LogP contribution is 2.40. The highest BCUT2D eigenvalue weighted by Gasteiger charge is 2.31. The molecule has 0 aromatic heterocycles. The molecule has 2 aliphatic rings. The van der Waals surface area contributed by atoms with Crippen molar-refractivity contribution in [3.05, 3.63) is 55.7 Å². The monoisotopic (exact) mass is 296 g/mol. The molecule has 0 heterocycles. The molecule has 0 aromatic carbocycles. The summed E-state index contributed by atoms with van der Waals surface area (Å²) in [6.45, 7) is 15.5. The van der Waals surface area contributed by atoms with Crippen molar-refractivity contribution in [2.75, 3.05) is 0 Å². The van der Waals surface area contributed by atoms with Gasteiger partial charge in [-0.3, -0.25) is 9.59 Å². The van der Waals surface area contributed by atoms with Crippen LogP contribution in [0.3, 0.4) is 0 Å². The van der Waals surface area contributed by atoms with Crippen LogP contribution in [0, 0.1) is 0 Å². The number of carbonyl (C=O) groups is 2. The molecular formula is C20H24O2. The van der Waals surface area contributed by atoms with E-state index < -0.39 is 0 Å². The Labute approximate surface area is 133 Å². The van der Waals surface area contributed by atoms with Crippen molar-refractivity contribution in [2.45, 2.75) is 55.4 Å². The zero-order valence-corrected chi connectivity index (χ0v) is 14.8. The standard InChI is InChI=1S/C20H24O2/c1-9-10(2)14(6)20(22)18(11(9)3)17-12(4)15(7)19(21)16(8)13(17)5/h1-8H3. The van der Waals surface area contributed by atoms with Gasteiger partial charge >= 0.3 is 0 Å². The van der Waals surface area contributed by atoms with E-state index in [0.717, 1.165) is 55.7 Å². The van der Waals surface area contributed by atoms with E-state index in [9.17, 15) is 9.59 Å². The lowest BCUT2D eigenvalue weighted by Crippen LogP contribution is -2.21. The first-order valence-electron chi connectivity index (χ1n) is 7.66. The zero-order valence-electron chi connectivity index (χ0n) is 14.8. The molecule has 22 heavy (non-hydrogen) atoms. The summed E-state index contributed by atoms with van der Waals surface area (Å²) < 4.78 is 0. The molecule has 116 valence electrons. The quantitative estimate of drug-likeness (QED) is 0.602. The first-order valence-corrected chi connectivity index (χ1v) is 7.66. The fourth-order valence-electron chi connectivity index (χ4n) is 3.23. The summed E-state index contributed by atoms with van der Waals surface area (Å²) in [7, 11) is 0. The molecule has 2 nitrogen and oxygen atoms in total. The van der Waals surface area contributed by atoms with E-state index in [1.54, 1.807) is 0 Å². The van der Waals surface area contributed by atoms with Crippen LogP contribution in [-0.2, 0) is 9.59 Å². The Morgan fingerprint density at radius 3 is 1.14 bits per heavy atom. The summed E-state index contributed by atoms with van der Waals surface area (Å²) in [6, 6.07) is 0. The van der Waals surface area contributed by atoms with Gasteiger partial charge in [0.1, 0.15) is 0 Å². The van der Waals surface area contributed by atoms with E-state index in [0.29, 0.717) is 0 Å². The molecule has 0 amide bonds. The van der Waals surface area contributed by atoms with Crippen LogP contribution < -0.4 is 0 Å². The van der Waals surface area contributed by atoms with Crippen molar-refractivity contribution in [1.82, 2.24) is 0 Å². The van der Waals surface area contributed by atoms with Gasteiger partial charge in [-0.05, 0) is 88.8 Å². The Morgan fingerprint density at radius 2 is 0.682 bits per heavy atom. The molecule has 0 spiro atoms. The van der Waals surface area contributed by atoms with E-state index in [4.69, 9.17) is 0 Å². The predicted octanol–water partition coefficient (Wildman–Crippen LogP) is 4.79. The van der Waals surface area contributed by atoms with Crippen LogP contribution in [0.5, 0.6) is 0 Å². The lowest BCUT2D eigenvalue weighted by molar-refractivity contribution is -0.113. The van der Waals surface area contributed by atoms with E-state index in [-0.39, 0.29) is 11.6 Å². The van der Waals surface area contributed by atoms with Crippen LogP contribution in [-0.4, -0.2) is 11.6 Å². The second kappa shape index (κ2) is 5.35. The van der Waals surface area contributed by atoms with Crippen molar-refractivity contribution >= 4 is 11.6 Å². The largest absolute Gasteiger partial charge is 0.289 e. The highest BCUT2D eigenvalue weighted by atomic mass is 16.1. The number of ketones is 2. The van der Waals surface area contributed by atoms with E-state index in [2.05, 4.69) is 6.92 Å². The second-order valence-electron chi connectivity index (χ2n) is 6.41. The minimum atomic E-state index is 0.0873. The lowest BCUT2D eigenvalue weighted by atomic mass is 9.75. The van der Waals surface area contributed by atoms with Gasteiger partial charge in [-0.2, -0.15) is 0 Å². The average molecular weight is 296 g/mol. The maximum Gasteiger partial charge on any atom is 0.189 e. The van der Waals surface area contributed by atoms with E-state index in [1.807, 2.05) is 48.5 Å². The summed E-state index contributed by atoms with van der Waals surface area (Å²) in [5.74, 6) is 0.175. The summed E-state index contributed by atoms with van der Waals surface area (Å²) in [5.41, 5.74) is 9.11. The molecular weight excluding hydrogens is 272 g/mol. The number of rotatable bonds is 0. The van der Waals surface area contributed by atoms with Crippen LogP contribution in [0.15, 0.2) is 55.7 Å². The summed E-state index contributed by atoms with van der Waals surface area (Å²) in [5, 5.41) is 0. The molecule has 0 radical (unpaired) electrons. The molecule has 0 bridgehead atoms. The Hall–Kier alpha value is -1.96. The fourth-order valence-corrected chi connectivity index (χ4v) is 3.23. The van der Waals surface area contributed by atoms with Crippen molar-refractivity contribution < 1.29 is 9.59 Å². The third-order valence-corrected chi connectivity index (χ3v) is 5.44. The SMILES string of the molecule is CC1=C(C)C(C)=C(C)C(=C2C(C)=C(C)C(=O)C(C)=C2C)C1=O. The molecule has 0 N–H and O–H groups in total. The second-order valence-corrected chi connectivity index (χ2v) is 6.41. The van der Waals surface area contributed by atoms with Gasteiger partial charge in [-0.1, -0.05) is 0 Å². The van der Waals surface area contributed by atoms with Gasteiger partial charge < -0.3 is 0 Å². The smallest absolute Gasteiger partial charge is 0.189 e. The van der Waals surface area contributed by atoms with Crippen molar-refractivity contribution in [2.24, 2.45) is 0 Å². The van der Waals surface area contributed by atoms with Gasteiger partial charge in [0.15, 0.2) is 11.6 Å². The van der Waals surface area contributed by atoms with Gasteiger partial charge in [0.05, 0.1) is 0 Å². The molecule has 0 fully saturated rings. The molecule has 0 aliphatic heterocycles. The van der Waals surface area contributed by atoms with Gasteiger partial charge in [0, 0.05) is 22.3 Å². The normalized spacial score (nSPS) is 20.9. The van der Waals surface area contributed by atoms with Crippen molar-refractivity contribution in [3.63, 3.8) is 0 Å². The van der Waals surface area contributed by atoms with E-state index >= 15 is 0 Å². The van der Waals surface area contributed by atoms with Crippen LogP contribution in [0.1, 0.15) is 55.4 Å². The molecule has 2 heteroatoms. The fraction of sp³-hybridized carbons (Fsp3) is 0.400. The summed E-state index contributed by atoms with van der Waals surface area (Å²) >= 11 is 0. The van der Waals surface area contributed by atoms with Crippen LogP contribution in [0.25, 0.3) is 0 Å². The van der Waals surface area contributed by atoms with Crippen molar-refractivity contribution in [1.29, 1.82) is 0 Å². The minimum Gasteiger partial charge on any atom is -0.289 e. The van der Waals surface area contributed by atoms with Crippen molar-refractivity contribution in [3.8, 4) is 0 Å². The Kier molecular flexibility index (Phi) is 3.99. The summed E-state index contributed by atoms with van der Waals surface area (Å²) in [4.78, 5) is 25.2. The average Bonchev–Trinajstić information content (AvgIpc) is 2.50. The number of Topliss-reactive ketones (excluding diaryl/α,β-unsaturated/α-hetero) is 2. The first kappa shape index (κ1) is 16.4. The zero-order chi connectivity index (χ0) is 16.9. The molecule has 0 saturated carbocycles. The van der Waals surface area contributed by atoms with Gasteiger partial charge in [0.2, 0.25) is 0 Å². The van der Waals surface area contributed by atoms with Gasteiger partial charge in [-0.25, -0.2) is 0 Å². The topological polar surface area (TPSA) is 34.1 Å². The van der Waals surface area contributed by atoms with Crippen LogP contribution in [0.2, 0.25) is 0 Å². The van der Waals surface area contributed by atoms with Gasteiger partial charge in [0.25, 0.3) is 0 Å². The third kappa shape index (κ3) is 2.09. The Morgan fingerprint density at radius 1 is 0.364 bits per heavy atom. The molecule has 0 atom stereocenters. The Bertz CT molecular complexity index is 745. The first-order chi connectivity index (χ1) is 10.1. The third-order valence-electron chi connectivity index (χ3n) is 5.44. The predicted molar refractivity (Wildman–Crippen MR) is 90.5 cm³/mol. The number of hydrogen-bond donors (Lipinski definition) is 0. The number of hydrogen-bond acceptors (Lipinski definition) is 2. The number of carbonyl (C=O) groups excluding carboxylic acids is 2.